The Kier molecular flexibility index (Phi) is 17.0. The molecular formula is C84H68N4O2. The highest BCUT2D eigenvalue weighted by molar-refractivity contribution is 5.92. The summed E-state index contributed by atoms with van der Waals surface area (Å²) in [6.07, 6.45) is 0. The molecule has 0 saturated carbocycles. The van der Waals surface area contributed by atoms with Gasteiger partial charge in [-0.3, -0.25) is 0 Å². The normalized spacial score (nSPS) is 10.9. The largest absolute Gasteiger partial charge is 0.497 e. The van der Waals surface area contributed by atoms with Gasteiger partial charge in [0.1, 0.15) is 11.5 Å². The van der Waals surface area contributed by atoms with Crippen LogP contribution < -0.4 is 29.1 Å². The van der Waals surface area contributed by atoms with Gasteiger partial charge in [-0.05, 0) is 200 Å². The van der Waals surface area contributed by atoms with Crippen LogP contribution in [0.25, 0.3) is 66.1 Å². The molecule has 436 valence electrons. The molecular weight excluding hydrogens is 1100 g/mol. The van der Waals surface area contributed by atoms with Gasteiger partial charge < -0.3 is 29.1 Å². The number of hydrogen-bond donors (Lipinski definition) is 0. The summed E-state index contributed by atoms with van der Waals surface area (Å²) in [5, 5.41) is 4.90. The Labute approximate surface area is 528 Å². The highest BCUT2D eigenvalue weighted by Gasteiger charge is 2.18. The smallest absolute Gasteiger partial charge is 0.120 e. The summed E-state index contributed by atoms with van der Waals surface area (Å²) in [5.41, 5.74) is 20.6. The zero-order chi connectivity index (χ0) is 61.2. The second kappa shape index (κ2) is 26.6. The molecule has 0 amide bonds. The fourth-order valence-corrected chi connectivity index (χ4v) is 11.7. The molecule has 0 aliphatic carbocycles. The number of nitrogens with zero attached hydrogens (tertiary/aromatic N) is 4. The van der Waals surface area contributed by atoms with Crippen molar-refractivity contribution in [3.63, 3.8) is 0 Å². The third-order valence-corrected chi connectivity index (χ3v) is 16.7. The molecule has 14 rings (SSSR count). The topological polar surface area (TPSA) is 31.4 Å². The average molecular weight is 1170 g/mol. The maximum absolute atomic E-state index is 5.42. The van der Waals surface area contributed by atoms with Crippen molar-refractivity contribution in [3.05, 3.63) is 340 Å². The van der Waals surface area contributed by atoms with E-state index in [1.54, 1.807) is 14.2 Å². The molecule has 0 saturated heterocycles. The van der Waals surface area contributed by atoms with Crippen molar-refractivity contribution in [3.8, 4) is 56.0 Å². The Balaban J connectivity index is 0.000000165. The van der Waals surface area contributed by atoms with E-state index in [2.05, 4.69) is 343 Å². The molecule has 14 aromatic carbocycles. The molecule has 0 aliphatic heterocycles. The van der Waals surface area contributed by atoms with Crippen LogP contribution in [-0.2, 0) is 0 Å². The molecule has 0 aromatic heterocycles. The van der Waals surface area contributed by atoms with E-state index in [0.29, 0.717) is 0 Å². The molecule has 0 spiro atoms. The van der Waals surface area contributed by atoms with Gasteiger partial charge in [-0.1, -0.05) is 200 Å². The Morgan fingerprint density at radius 3 is 0.900 bits per heavy atom. The van der Waals surface area contributed by atoms with Gasteiger partial charge in [-0.2, -0.15) is 0 Å². The van der Waals surface area contributed by atoms with Crippen molar-refractivity contribution in [2.75, 3.05) is 47.9 Å². The zero-order valence-electron chi connectivity index (χ0n) is 50.9. The number of benzene rings is 14. The lowest BCUT2D eigenvalue weighted by Gasteiger charge is -2.26. The van der Waals surface area contributed by atoms with Gasteiger partial charge in [0.05, 0.1) is 14.2 Å². The van der Waals surface area contributed by atoms with Crippen molar-refractivity contribution in [1.29, 1.82) is 0 Å². The molecule has 0 atom stereocenters. The molecule has 90 heavy (non-hydrogen) atoms. The third kappa shape index (κ3) is 12.8. The molecule has 0 N–H and O–H groups in total. The van der Waals surface area contributed by atoms with E-state index < -0.39 is 0 Å². The van der Waals surface area contributed by atoms with Gasteiger partial charge in [-0.25, -0.2) is 0 Å². The second-order valence-electron chi connectivity index (χ2n) is 22.3. The van der Waals surface area contributed by atoms with Crippen molar-refractivity contribution in [2.24, 2.45) is 0 Å². The summed E-state index contributed by atoms with van der Waals surface area (Å²) in [6, 6.07) is 120. The van der Waals surface area contributed by atoms with Crippen LogP contribution in [0.2, 0.25) is 0 Å². The van der Waals surface area contributed by atoms with E-state index in [1.807, 2.05) is 30.3 Å². The van der Waals surface area contributed by atoms with Crippen molar-refractivity contribution >= 4 is 78.4 Å². The van der Waals surface area contributed by atoms with Gasteiger partial charge in [0.15, 0.2) is 0 Å². The lowest BCUT2D eigenvalue weighted by molar-refractivity contribution is 0.415. The number of methoxy groups -OCH3 is 2. The van der Waals surface area contributed by atoms with Gasteiger partial charge in [-0.15, -0.1) is 0 Å². The Bertz CT molecular complexity index is 4690. The van der Waals surface area contributed by atoms with Gasteiger partial charge in [0, 0.05) is 77.0 Å². The minimum atomic E-state index is 0.848. The van der Waals surface area contributed by atoms with Crippen LogP contribution >= 0.6 is 0 Å². The fourth-order valence-electron chi connectivity index (χ4n) is 11.7. The van der Waals surface area contributed by atoms with E-state index in [9.17, 15) is 0 Å². The summed E-state index contributed by atoms with van der Waals surface area (Å²) in [6.45, 7) is 0. The van der Waals surface area contributed by atoms with Crippen LogP contribution in [0.4, 0.5) is 56.9 Å². The van der Waals surface area contributed by atoms with Gasteiger partial charge >= 0.3 is 0 Å². The van der Waals surface area contributed by atoms with Gasteiger partial charge in [0.2, 0.25) is 0 Å². The summed E-state index contributed by atoms with van der Waals surface area (Å²) < 4.78 is 10.7. The summed E-state index contributed by atoms with van der Waals surface area (Å²) in [7, 11) is 7.54. The SMILES string of the molecule is COc1ccc(N(C)c2ccc(-c3ccc(N(c4cccc(-c5ccccc5)c4)c4ccc5ccccc5c4)cc3)cc2)cc1.COc1cccc(N(C)c2ccc(-c3ccc(N(c4cccc(-c5ccccc5)c4)c4ccc5ccccc5c4)cc3)cc2)c1. The Hall–Kier alpha value is -11.6. The predicted molar refractivity (Wildman–Crippen MR) is 381 cm³/mol. The van der Waals surface area contributed by atoms with Crippen LogP contribution in [0.15, 0.2) is 340 Å². The monoisotopic (exact) mass is 1160 g/mol. The van der Waals surface area contributed by atoms with Crippen LogP contribution in [0.5, 0.6) is 11.5 Å². The van der Waals surface area contributed by atoms with Crippen molar-refractivity contribution in [2.45, 2.75) is 0 Å². The number of hydrogen-bond acceptors (Lipinski definition) is 6. The Morgan fingerprint density at radius 2 is 0.489 bits per heavy atom. The van der Waals surface area contributed by atoms with E-state index in [1.165, 1.54) is 66.1 Å². The number of anilines is 10. The molecule has 6 nitrogen and oxygen atoms in total. The first-order valence-corrected chi connectivity index (χ1v) is 30.4. The molecule has 0 fully saturated rings. The molecule has 0 unspecified atom stereocenters. The quantitative estimate of drug-likeness (QED) is 0.0958. The van der Waals surface area contributed by atoms with Crippen LogP contribution in [0.3, 0.4) is 0 Å². The Morgan fingerprint density at radius 1 is 0.189 bits per heavy atom. The summed E-state index contributed by atoms with van der Waals surface area (Å²) >= 11 is 0. The first-order chi connectivity index (χ1) is 44.3. The number of rotatable bonds is 16. The van der Waals surface area contributed by atoms with E-state index in [-0.39, 0.29) is 0 Å². The summed E-state index contributed by atoms with van der Waals surface area (Å²) in [4.78, 5) is 9.03. The number of fused-ring (bicyclic) bond motifs is 2. The van der Waals surface area contributed by atoms with E-state index in [4.69, 9.17) is 9.47 Å². The minimum absolute atomic E-state index is 0.848. The van der Waals surface area contributed by atoms with Gasteiger partial charge in [0.25, 0.3) is 0 Å². The van der Waals surface area contributed by atoms with Crippen molar-refractivity contribution < 1.29 is 9.47 Å². The third-order valence-electron chi connectivity index (χ3n) is 16.7. The van der Waals surface area contributed by atoms with Crippen molar-refractivity contribution in [1.82, 2.24) is 0 Å². The van der Waals surface area contributed by atoms with Crippen LogP contribution in [-0.4, -0.2) is 28.3 Å². The van der Waals surface area contributed by atoms with E-state index >= 15 is 0 Å². The van der Waals surface area contributed by atoms with Crippen LogP contribution in [0.1, 0.15) is 0 Å². The highest BCUT2D eigenvalue weighted by atomic mass is 16.5. The first kappa shape index (κ1) is 57.5. The number of ether oxygens (including phenoxy) is 2. The average Bonchev–Trinajstić information content (AvgIpc) is 1.24. The fraction of sp³-hybridized carbons (Fsp3) is 0.0476. The molecule has 0 heterocycles. The maximum atomic E-state index is 5.42. The molecule has 6 heteroatoms. The molecule has 14 aromatic rings. The second-order valence-corrected chi connectivity index (χ2v) is 22.3. The van der Waals surface area contributed by atoms with Crippen LogP contribution in [0, 0.1) is 0 Å². The predicted octanol–water partition coefficient (Wildman–Crippen LogP) is 22.8. The zero-order valence-corrected chi connectivity index (χ0v) is 50.9. The minimum Gasteiger partial charge on any atom is -0.497 e. The molecule has 0 aliphatic rings. The lowest BCUT2D eigenvalue weighted by atomic mass is 10.0. The molecule has 0 radical (unpaired) electrons. The lowest BCUT2D eigenvalue weighted by Crippen LogP contribution is -2.10. The first-order valence-electron chi connectivity index (χ1n) is 30.4. The summed E-state index contributed by atoms with van der Waals surface area (Å²) in [5.74, 6) is 1.70. The standard InChI is InChI=1S/2C42H34N2O/c1-43(39-15-9-17-42(30-39)45-2)37-23-18-33(19-24-37)34-20-25-38(26-21-34)44(41-27-22-32-12-6-7-13-35(32)29-41)40-16-8-14-36(28-40)31-10-4-3-5-11-31;1-43(38-25-27-42(45-2)28-26-38)37-20-15-33(16-21-37)34-17-22-39(23-18-34)44(41-24-19-32-11-6-7-12-35(32)30-41)40-14-8-13-36(29-40)31-9-4-3-5-10-31/h2*3-30H,1-2H3. The molecule has 0 bridgehead atoms. The van der Waals surface area contributed by atoms with E-state index in [0.717, 1.165) is 68.4 Å². The highest BCUT2D eigenvalue weighted by Crippen LogP contribution is 2.42. The maximum Gasteiger partial charge on any atom is 0.120 e.